The highest BCUT2D eigenvalue weighted by molar-refractivity contribution is 5.81. The summed E-state index contributed by atoms with van der Waals surface area (Å²) in [6, 6.07) is 8.22. The monoisotopic (exact) mass is 255 g/mol. The lowest BCUT2D eigenvalue weighted by Gasteiger charge is -2.15. The predicted molar refractivity (Wildman–Crippen MR) is 74.9 cm³/mol. The molecule has 19 heavy (non-hydrogen) atoms. The molecule has 0 radical (unpaired) electrons. The van der Waals surface area contributed by atoms with Crippen molar-refractivity contribution in [2.45, 2.75) is 13.0 Å². The fraction of sp³-hybridized carbons (Fsp3) is 0.267. The zero-order chi connectivity index (χ0) is 13.2. The number of furan rings is 1. The van der Waals surface area contributed by atoms with Crippen molar-refractivity contribution in [1.29, 1.82) is 0 Å². The van der Waals surface area contributed by atoms with Crippen LogP contribution in [0.3, 0.4) is 0 Å². The number of benzene rings is 1. The van der Waals surface area contributed by atoms with Gasteiger partial charge in [0.15, 0.2) is 0 Å². The maximum atomic E-state index is 5.64. The van der Waals surface area contributed by atoms with Crippen LogP contribution in [0.25, 0.3) is 11.0 Å². The third-order valence-electron chi connectivity index (χ3n) is 3.29. The van der Waals surface area contributed by atoms with Crippen LogP contribution in [0.1, 0.15) is 24.1 Å². The quantitative estimate of drug-likeness (QED) is 0.779. The van der Waals surface area contributed by atoms with Crippen molar-refractivity contribution in [3.63, 3.8) is 0 Å². The zero-order valence-corrected chi connectivity index (χ0v) is 11.1. The number of hydrogen-bond donors (Lipinski definition) is 1. The van der Waals surface area contributed by atoms with E-state index in [1.807, 2.05) is 48.6 Å². The Kier molecular flexibility index (Phi) is 3.09. The van der Waals surface area contributed by atoms with Gasteiger partial charge in [-0.15, -0.1) is 0 Å². The van der Waals surface area contributed by atoms with Crippen LogP contribution in [0, 0.1) is 0 Å². The number of para-hydroxylation sites is 1. The first kappa shape index (κ1) is 12.0. The lowest BCUT2D eigenvalue weighted by Crippen LogP contribution is -2.21. The van der Waals surface area contributed by atoms with E-state index in [1.54, 1.807) is 0 Å². The van der Waals surface area contributed by atoms with Gasteiger partial charge in [0.1, 0.15) is 5.58 Å². The molecule has 0 bridgehead atoms. The van der Waals surface area contributed by atoms with Crippen LogP contribution in [-0.2, 0) is 7.05 Å². The molecule has 0 aliphatic carbocycles. The van der Waals surface area contributed by atoms with Crippen LogP contribution in [-0.4, -0.2) is 16.3 Å². The Morgan fingerprint density at radius 2 is 2.21 bits per heavy atom. The number of aryl methyl sites for hydroxylation is 1. The van der Waals surface area contributed by atoms with E-state index in [0.717, 1.165) is 28.6 Å². The van der Waals surface area contributed by atoms with Crippen molar-refractivity contribution in [2.24, 2.45) is 7.05 Å². The van der Waals surface area contributed by atoms with Gasteiger partial charge in [-0.25, -0.2) is 0 Å². The summed E-state index contributed by atoms with van der Waals surface area (Å²) >= 11 is 0. The summed E-state index contributed by atoms with van der Waals surface area (Å²) in [6.07, 6.45) is 5.77. The zero-order valence-electron chi connectivity index (χ0n) is 11.1. The van der Waals surface area contributed by atoms with E-state index in [0.29, 0.717) is 0 Å². The number of nitrogens with zero attached hydrogens (tertiary/aromatic N) is 2. The summed E-state index contributed by atoms with van der Waals surface area (Å²) in [5, 5.41) is 8.90. The molecule has 2 aromatic heterocycles. The molecule has 0 amide bonds. The molecule has 0 aliphatic heterocycles. The molecule has 3 rings (SSSR count). The van der Waals surface area contributed by atoms with Gasteiger partial charge in [-0.1, -0.05) is 25.1 Å². The SMILES string of the molecule is CCNC(c1cnn(C)c1)c1coc2ccccc12. The summed E-state index contributed by atoms with van der Waals surface area (Å²) < 4.78 is 7.46. The molecule has 0 aliphatic rings. The Labute approximate surface area is 112 Å². The van der Waals surface area contributed by atoms with Gasteiger partial charge in [0.05, 0.1) is 18.5 Å². The second-order valence-corrected chi connectivity index (χ2v) is 4.63. The van der Waals surface area contributed by atoms with E-state index in [4.69, 9.17) is 4.42 Å². The van der Waals surface area contributed by atoms with Crippen molar-refractivity contribution < 1.29 is 4.42 Å². The van der Waals surface area contributed by atoms with E-state index in [-0.39, 0.29) is 6.04 Å². The molecular formula is C15H17N3O. The first-order valence-electron chi connectivity index (χ1n) is 6.47. The molecule has 3 aromatic rings. The molecule has 0 fully saturated rings. The smallest absolute Gasteiger partial charge is 0.134 e. The van der Waals surface area contributed by atoms with Gasteiger partial charge in [-0.2, -0.15) is 5.10 Å². The van der Waals surface area contributed by atoms with E-state index in [1.165, 1.54) is 0 Å². The van der Waals surface area contributed by atoms with Crippen molar-refractivity contribution >= 4 is 11.0 Å². The number of hydrogen-bond acceptors (Lipinski definition) is 3. The molecular weight excluding hydrogens is 238 g/mol. The van der Waals surface area contributed by atoms with Gasteiger partial charge < -0.3 is 9.73 Å². The van der Waals surface area contributed by atoms with Crippen LogP contribution in [0.4, 0.5) is 0 Å². The average Bonchev–Trinajstić information content (AvgIpc) is 3.03. The van der Waals surface area contributed by atoms with Crippen LogP contribution in [0.5, 0.6) is 0 Å². The van der Waals surface area contributed by atoms with Gasteiger partial charge in [0, 0.05) is 29.8 Å². The second-order valence-electron chi connectivity index (χ2n) is 4.63. The van der Waals surface area contributed by atoms with Crippen molar-refractivity contribution in [1.82, 2.24) is 15.1 Å². The van der Waals surface area contributed by atoms with E-state index < -0.39 is 0 Å². The molecule has 0 saturated heterocycles. The Morgan fingerprint density at radius 1 is 1.37 bits per heavy atom. The van der Waals surface area contributed by atoms with E-state index in [2.05, 4.69) is 23.4 Å². The number of fused-ring (bicyclic) bond motifs is 1. The van der Waals surface area contributed by atoms with Crippen LogP contribution < -0.4 is 5.32 Å². The molecule has 1 N–H and O–H groups in total. The molecule has 0 spiro atoms. The highest BCUT2D eigenvalue weighted by Gasteiger charge is 2.19. The standard InChI is InChI=1S/C15H17N3O/c1-3-16-15(11-8-17-18(2)9-11)13-10-19-14-7-5-4-6-12(13)14/h4-10,15-16H,3H2,1-2H3. The topological polar surface area (TPSA) is 43.0 Å². The summed E-state index contributed by atoms with van der Waals surface area (Å²) in [4.78, 5) is 0. The molecule has 4 nitrogen and oxygen atoms in total. The second kappa shape index (κ2) is 4.90. The summed E-state index contributed by atoms with van der Waals surface area (Å²) in [5.41, 5.74) is 3.23. The predicted octanol–water partition coefficient (Wildman–Crippen LogP) is 2.87. The molecule has 0 saturated carbocycles. The minimum Gasteiger partial charge on any atom is -0.464 e. The largest absolute Gasteiger partial charge is 0.464 e. The fourth-order valence-corrected chi connectivity index (χ4v) is 2.42. The van der Waals surface area contributed by atoms with Gasteiger partial charge in [0.2, 0.25) is 0 Å². The van der Waals surface area contributed by atoms with Crippen molar-refractivity contribution in [3.8, 4) is 0 Å². The number of nitrogens with one attached hydrogen (secondary N) is 1. The molecule has 2 heterocycles. The van der Waals surface area contributed by atoms with Gasteiger partial charge in [-0.3, -0.25) is 4.68 Å². The van der Waals surface area contributed by atoms with Crippen LogP contribution >= 0.6 is 0 Å². The lowest BCUT2D eigenvalue weighted by molar-refractivity contribution is 0.584. The third-order valence-corrected chi connectivity index (χ3v) is 3.29. The van der Waals surface area contributed by atoms with Crippen LogP contribution in [0.2, 0.25) is 0 Å². The first-order chi connectivity index (χ1) is 9.29. The highest BCUT2D eigenvalue weighted by atomic mass is 16.3. The Hall–Kier alpha value is -2.07. The number of rotatable bonds is 4. The number of aromatic nitrogens is 2. The Balaban J connectivity index is 2.09. The Morgan fingerprint density at radius 3 is 2.95 bits per heavy atom. The Bertz CT molecular complexity index is 683. The molecule has 4 heteroatoms. The summed E-state index contributed by atoms with van der Waals surface area (Å²) in [5.74, 6) is 0. The van der Waals surface area contributed by atoms with Gasteiger partial charge in [0.25, 0.3) is 0 Å². The van der Waals surface area contributed by atoms with Crippen LogP contribution in [0.15, 0.2) is 47.3 Å². The maximum Gasteiger partial charge on any atom is 0.134 e. The van der Waals surface area contributed by atoms with Gasteiger partial charge in [-0.05, 0) is 12.6 Å². The van der Waals surface area contributed by atoms with Crippen molar-refractivity contribution in [2.75, 3.05) is 6.54 Å². The normalized spacial score (nSPS) is 12.9. The highest BCUT2D eigenvalue weighted by Crippen LogP contribution is 2.30. The fourth-order valence-electron chi connectivity index (χ4n) is 2.42. The molecule has 1 aromatic carbocycles. The molecule has 98 valence electrons. The minimum atomic E-state index is 0.113. The van der Waals surface area contributed by atoms with Gasteiger partial charge >= 0.3 is 0 Å². The first-order valence-corrected chi connectivity index (χ1v) is 6.47. The average molecular weight is 255 g/mol. The lowest BCUT2D eigenvalue weighted by atomic mass is 10.0. The minimum absolute atomic E-state index is 0.113. The molecule has 1 unspecified atom stereocenters. The van der Waals surface area contributed by atoms with Crippen molar-refractivity contribution in [3.05, 3.63) is 54.0 Å². The molecule has 1 atom stereocenters. The third kappa shape index (κ3) is 2.15. The van der Waals surface area contributed by atoms with E-state index in [9.17, 15) is 0 Å². The maximum absolute atomic E-state index is 5.64. The summed E-state index contributed by atoms with van der Waals surface area (Å²) in [7, 11) is 1.93. The summed E-state index contributed by atoms with van der Waals surface area (Å²) in [6.45, 7) is 2.99. The van der Waals surface area contributed by atoms with E-state index >= 15 is 0 Å².